The highest BCUT2D eigenvalue weighted by molar-refractivity contribution is 6.35. The molecule has 0 aliphatic carbocycles. The van der Waals surface area contributed by atoms with E-state index in [1.54, 1.807) is 30.3 Å². The van der Waals surface area contributed by atoms with Crippen LogP contribution in [0.1, 0.15) is 5.56 Å². The lowest BCUT2D eigenvalue weighted by Crippen LogP contribution is -2.38. The molecule has 0 saturated carbocycles. The van der Waals surface area contributed by atoms with Gasteiger partial charge in [-0.1, -0.05) is 46.9 Å². The molecule has 0 heterocycles. The highest BCUT2D eigenvalue weighted by atomic mass is 35.5. The van der Waals surface area contributed by atoms with Crippen molar-refractivity contribution >= 4 is 40.8 Å². The van der Waals surface area contributed by atoms with E-state index in [1.807, 2.05) is 12.1 Å². The smallest absolute Gasteiger partial charge is 0.314 e. The Morgan fingerprint density at radius 3 is 2.46 bits per heavy atom. The predicted octanol–water partition coefficient (Wildman–Crippen LogP) is 4.57. The SMILES string of the molecule is O=C(NCCOc1cccc(Cl)c1)NCCc1ccc(Cl)cc1Cl. The van der Waals surface area contributed by atoms with Gasteiger partial charge in [0.25, 0.3) is 0 Å². The minimum atomic E-state index is -0.255. The molecule has 0 spiro atoms. The van der Waals surface area contributed by atoms with Gasteiger partial charge in [0.2, 0.25) is 0 Å². The maximum absolute atomic E-state index is 11.7. The second kappa shape index (κ2) is 9.62. The zero-order valence-electron chi connectivity index (χ0n) is 12.8. The summed E-state index contributed by atoms with van der Waals surface area (Å²) in [4.78, 5) is 11.7. The highest BCUT2D eigenvalue weighted by Gasteiger charge is 2.03. The van der Waals surface area contributed by atoms with E-state index < -0.39 is 0 Å². The number of hydrogen-bond donors (Lipinski definition) is 2. The maximum atomic E-state index is 11.7. The summed E-state index contributed by atoms with van der Waals surface area (Å²) in [5.41, 5.74) is 0.936. The van der Waals surface area contributed by atoms with Crippen molar-refractivity contribution in [1.29, 1.82) is 0 Å². The molecule has 0 atom stereocenters. The molecule has 2 aromatic carbocycles. The average Bonchev–Trinajstić information content (AvgIpc) is 2.54. The first kappa shape index (κ1) is 18.7. The number of nitrogens with one attached hydrogen (secondary N) is 2. The minimum absolute atomic E-state index is 0.255. The normalized spacial score (nSPS) is 10.3. The van der Waals surface area contributed by atoms with E-state index in [0.29, 0.717) is 46.9 Å². The van der Waals surface area contributed by atoms with Crippen molar-refractivity contribution in [2.45, 2.75) is 6.42 Å². The van der Waals surface area contributed by atoms with Crippen LogP contribution in [0, 0.1) is 0 Å². The molecule has 2 rings (SSSR count). The summed E-state index contributed by atoms with van der Waals surface area (Å²) in [6.07, 6.45) is 0.627. The molecular weight excluding hydrogens is 371 g/mol. The Bertz CT molecular complexity index is 695. The first-order chi connectivity index (χ1) is 11.5. The topological polar surface area (TPSA) is 50.4 Å². The van der Waals surface area contributed by atoms with Gasteiger partial charge >= 0.3 is 6.03 Å². The zero-order valence-corrected chi connectivity index (χ0v) is 15.1. The molecule has 2 amide bonds. The summed E-state index contributed by atoms with van der Waals surface area (Å²) in [6.45, 7) is 1.22. The van der Waals surface area contributed by atoms with Gasteiger partial charge in [0.05, 0.1) is 6.54 Å². The second-order valence-corrected chi connectivity index (χ2v) is 6.25. The fourth-order valence-corrected chi connectivity index (χ4v) is 2.67. The number of amides is 2. The van der Waals surface area contributed by atoms with Crippen LogP contribution in [-0.2, 0) is 6.42 Å². The van der Waals surface area contributed by atoms with Gasteiger partial charge in [-0.3, -0.25) is 0 Å². The van der Waals surface area contributed by atoms with Crippen LogP contribution in [0.4, 0.5) is 4.79 Å². The molecule has 2 aromatic rings. The molecule has 0 saturated heterocycles. The largest absolute Gasteiger partial charge is 0.492 e. The highest BCUT2D eigenvalue weighted by Crippen LogP contribution is 2.21. The summed E-state index contributed by atoms with van der Waals surface area (Å²) in [5, 5.41) is 7.28. The van der Waals surface area contributed by atoms with Crippen molar-refractivity contribution in [2.24, 2.45) is 0 Å². The molecule has 0 aliphatic heterocycles. The Balaban J connectivity index is 1.61. The van der Waals surface area contributed by atoms with Gasteiger partial charge in [-0.25, -0.2) is 4.79 Å². The van der Waals surface area contributed by atoms with Gasteiger partial charge in [0.15, 0.2) is 0 Å². The Labute approximate surface area is 156 Å². The Hall–Kier alpha value is -1.62. The zero-order chi connectivity index (χ0) is 17.4. The molecule has 0 bridgehead atoms. The maximum Gasteiger partial charge on any atom is 0.314 e. The molecule has 0 unspecified atom stereocenters. The van der Waals surface area contributed by atoms with E-state index in [-0.39, 0.29) is 6.03 Å². The van der Waals surface area contributed by atoms with Gasteiger partial charge in [-0.05, 0) is 42.3 Å². The lowest BCUT2D eigenvalue weighted by atomic mass is 10.1. The molecule has 2 N–H and O–H groups in total. The quantitative estimate of drug-likeness (QED) is 0.684. The van der Waals surface area contributed by atoms with Crippen LogP contribution in [0.5, 0.6) is 5.75 Å². The summed E-state index contributed by atoms with van der Waals surface area (Å²) in [6, 6.07) is 12.2. The van der Waals surface area contributed by atoms with Crippen molar-refractivity contribution in [3.8, 4) is 5.75 Å². The van der Waals surface area contributed by atoms with E-state index in [1.165, 1.54) is 0 Å². The summed E-state index contributed by atoms with van der Waals surface area (Å²) < 4.78 is 5.48. The van der Waals surface area contributed by atoms with Gasteiger partial charge in [0.1, 0.15) is 12.4 Å². The molecule has 4 nitrogen and oxygen atoms in total. The lowest BCUT2D eigenvalue weighted by molar-refractivity contribution is 0.236. The Morgan fingerprint density at radius 2 is 1.71 bits per heavy atom. The third-order valence-electron chi connectivity index (χ3n) is 3.15. The number of carbonyl (C=O) groups excluding carboxylic acids is 1. The van der Waals surface area contributed by atoms with E-state index in [4.69, 9.17) is 39.5 Å². The van der Waals surface area contributed by atoms with Gasteiger partial charge in [0, 0.05) is 21.6 Å². The Kier molecular flexibility index (Phi) is 7.50. The van der Waals surface area contributed by atoms with E-state index >= 15 is 0 Å². The van der Waals surface area contributed by atoms with E-state index in [9.17, 15) is 4.79 Å². The fourth-order valence-electron chi connectivity index (χ4n) is 1.99. The standard InChI is InChI=1S/C17H17Cl3N2O2/c18-13-2-1-3-15(10-13)24-9-8-22-17(23)21-7-6-12-4-5-14(19)11-16(12)20/h1-5,10-11H,6-9H2,(H2,21,22,23). The number of halogens is 3. The lowest BCUT2D eigenvalue weighted by Gasteiger charge is -2.10. The van der Waals surface area contributed by atoms with Crippen LogP contribution in [0.15, 0.2) is 42.5 Å². The molecule has 0 radical (unpaired) electrons. The van der Waals surface area contributed by atoms with Crippen molar-refractivity contribution in [3.63, 3.8) is 0 Å². The molecule has 7 heteroatoms. The Morgan fingerprint density at radius 1 is 0.958 bits per heavy atom. The predicted molar refractivity (Wildman–Crippen MR) is 98.5 cm³/mol. The average molecular weight is 388 g/mol. The minimum Gasteiger partial charge on any atom is -0.492 e. The van der Waals surface area contributed by atoms with Crippen molar-refractivity contribution < 1.29 is 9.53 Å². The number of hydrogen-bond acceptors (Lipinski definition) is 2. The summed E-state index contributed by atoms with van der Waals surface area (Å²) in [5.74, 6) is 0.669. The van der Waals surface area contributed by atoms with Crippen LogP contribution < -0.4 is 15.4 Å². The number of urea groups is 1. The molecule has 24 heavy (non-hydrogen) atoms. The third kappa shape index (κ3) is 6.48. The monoisotopic (exact) mass is 386 g/mol. The molecule has 0 aromatic heterocycles. The van der Waals surface area contributed by atoms with E-state index in [2.05, 4.69) is 10.6 Å². The number of benzene rings is 2. The van der Waals surface area contributed by atoms with Gasteiger partial charge in [-0.15, -0.1) is 0 Å². The first-order valence-electron chi connectivity index (χ1n) is 7.38. The molecular formula is C17H17Cl3N2O2. The third-order valence-corrected chi connectivity index (χ3v) is 3.97. The summed E-state index contributed by atoms with van der Waals surface area (Å²) >= 11 is 17.8. The first-order valence-corrected chi connectivity index (χ1v) is 8.52. The number of carbonyl (C=O) groups is 1. The molecule has 0 fully saturated rings. The van der Waals surface area contributed by atoms with Crippen LogP contribution in [0.3, 0.4) is 0 Å². The fraction of sp³-hybridized carbons (Fsp3) is 0.235. The van der Waals surface area contributed by atoms with Crippen molar-refractivity contribution in [2.75, 3.05) is 19.7 Å². The van der Waals surface area contributed by atoms with Crippen LogP contribution in [-0.4, -0.2) is 25.7 Å². The van der Waals surface area contributed by atoms with Gasteiger partial charge < -0.3 is 15.4 Å². The number of ether oxygens (including phenoxy) is 1. The van der Waals surface area contributed by atoms with Crippen LogP contribution >= 0.6 is 34.8 Å². The van der Waals surface area contributed by atoms with Crippen LogP contribution in [0.25, 0.3) is 0 Å². The molecule has 128 valence electrons. The number of rotatable bonds is 7. The van der Waals surface area contributed by atoms with E-state index in [0.717, 1.165) is 5.56 Å². The van der Waals surface area contributed by atoms with Crippen molar-refractivity contribution in [1.82, 2.24) is 10.6 Å². The molecule has 0 aliphatic rings. The van der Waals surface area contributed by atoms with Crippen LogP contribution in [0.2, 0.25) is 15.1 Å². The second-order valence-electron chi connectivity index (χ2n) is 4.97. The van der Waals surface area contributed by atoms with Crippen molar-refractivity contribution in [3.05, 3.63) is 63.1 Å². The summed E-state index contributed by atoms with van der Waals surface area (Å²) in [7, 11) is 0. The van der Waals surface area contributed by atoms with Gasteiger partial charge in [-0.2, -0.15) is 0 Å².